The van der Waals surface area contributed by atoms with Crippen LogP contribution >= 0.6 is 7.60 Å². The van der Waals surface area contributed by atoms with E-state index in [1.54, 1.807) is 0 Å². The molecule has 0 saturated heterocycles. The van der Waals surface area contributed by atoms with Crippen molar-refractivity contribution < 1.29 is 75.9 Å². The van der Waals surface area contributed by atoms with Crippen molar-refractivity contribution in [1.29, 1.82) is 0 Å². The molecule has 0 aliphatic carbocycles. The third-order valence-electron chi connectivity index (χ3n) is 5.71. The van der Waals surface area contributed by atoms with Crippen LogP contribution in [0, 0.1) is 0 Å². The number of unbranched alkanes of at least 4 members (excludes halogenated alkanes) is 2. The van der Waals surface area contributed by atoms with E-state index in [1.165, 1.54) is 32.4 Å². The first-order valence-corrected chi connectivity index (χ1v) is 13.9. The van der Waals surface area contributed by atoms with Crippen LogP contribution in [0.2, 0.25) is 0 Å². The normalized spacial score (nSPS) is 12.7. The summed E-state index contributed by atoms with van der Waals surface area (Å²) in [5.41, 5.74) is 6.83. The Bertz CT molecular complexity index is 1060. The number of methoxy groups -OCH3 is 2. The van der Waals surface area contributed by atoms with Crippen molar-refractivity contribution in [2.24, 2.45) is 5.73 Å². The largest absolute Gasteiger partial charge is 1.00 e. The summed E-state index contributed by atoms with van der Waals surface area (Å²) < 4.78 is 28.6. The molecule has 13 heteroatoms. The Morgan fingerprint density at radius 3 is 2.23 bits per heavy atom. The molecule has 0 spiro atoms. The van der Waals surface area contributed by atoms with Crippen LogP contribution in [-0.2, 0) is 25.1 Å². The standard InChI is InChI=1S/C26H37N2O8P.2Li/c1-34-22-15-14-21(18-24(22)35-2)28(19-25(29)30)26(31)23(13-6-8-16-27)36-37(32,33)17-9-7-12-20-10-4-3-5-11-20;;/h3-5,10-11,14-15,18,23H,6-9,12-13,16-17,19,27H2,1-2H3,(H,29,30)(H,32,33);;/q;2*+1/p-2/t23-;;/m0../s1. The number of carbonyl (C=O) groups excluding carboxylic acids is 2. The minimum Gasteiger partial charge on any atom is -0.778 e. The zero-order chi connectivity index (χ0) is 27.3. The van der Waals surface area contributed by atoms with Crippen molar-refractivity contribution in [2.75, 3.05) is 38.4 Å². The van der Waals surface area contributed by atoms with Crippen molar-refractivity contribution >= 4 is 25.2 Å². The molecule has 0 saturated carbocycles. The third-order valence-corrected chi connectivity index (χ3v) is 7.15. The van der Waals surface area contributed by atoms with Crippen LogP contribution in [0.4, 0.5) is 5.69 Å². The summed E-state index contributed by atoms with van der Waals surface area (Å²) in [7, 11) is -1.56. The van der Waals surface area contributed by atoms with Crippen molar-refractivity contribution in [1.82, 2.24) is 0 Å². The molecule has 1 amide bonds. The van der Waals surface area contributed by atoms with E-state index < -0.39 is 32.1 Å². The first-order valence-electron chi connectivity index (χ1n) is 12.2. The van der Waals surface area contributed by atoms with Gasteiger partial charge in [0.25, 0.3) is 5.91 Å². The number of carboxylic acids is 1. The number of amides is 1. The van der Waals surface area contributed by atoms with E-state index in [0.29, 0.717) is 38.0 Å². The molecule has 0 radical (unpaired) electrons. The number of ether oxygens (including phenoxy) is 2. The SMILES string of the molecule is COc1ccc(N(CC(=O)[O-])C(=O)[C@H](CCCCN)OP(=O)([O-])CCCCc2ccccc2)cc1OC.[Li+].[Li+]. The van der Waals surface area contributed by atoms with E-state index >= 15 is 0 Å². The summed E-state index contributed by atoms with van der Waals surface area (Å²) in [5.74, 6) is -1.68. The molecule has 0 bridgehead atoms. The summed E-state index contributed by atoms with van der Waals surface area (Å²) in [6.45, 7) is -0.445. The van der Waals surface area contributed by atoms with Crippen molar-refractivity contribution in [3.05, 3.63) is 54.1 Å². The van der Waals surface area contributed by atoms with E-state index in [9.17, 15) is 24.2 Å². The van der Waals surface area contributed by atoms with Gasteiger partial charge in [-0.2, -0.15) is 0 Å². The number of carbonyl (C=O) groups is 2. The van der Waals surface area contributed by atoms with Gasteiger partial charge in [-0.15, -0.1) is 0 Å². The fourth-order valence-electron chi connectivity index (χ4n) is 3.81. The Hall–Kier alpha value is -1.72. The molecule has 2 rings (SSSR count). The summed E-state index contributed by atoms with van der Waals surface area (Å²) in [4.78, 5) is 38.7. The molecule has 2 atom stereocenters. The van der Waals surface area contributed by atoms with Crippen molar-refractivity contribution in [3.63, 3.8) is 0 Å². The number of anilines is 1. The monoisotopic (exact) mass is 548 g/mol. The molecule has 0 fully saturated rings. The van der Waals surface area contributed by atoms with Crippen molar-refractivity contribution in [2.45, 2.75) is 44.6 Å². The van der Waals surface area contributed by atoms with Crippen LogP contribution in [-0.4, -0.2) is 51.5 Å². The smallest absolute Gasteiger partial charge is 0.778 e. The second-order valence-corrected chi connectivity index (χ2v) is 10.4. The Labute approximate surface area is 254 Å². The Kier molecular flexibility index (Phi) is 18.5. The Morgan fingerprint density at radius 1 is 0.974 bits per heavy atom. The summed E-state index contributed by atoms with van der Waals surface area (Å²) in [5, 5.41) is 11.5. The van der Waals surface area contributed by atoms with Gasteiger partial charge in [0.2, 0.25) is 0 Å². The topological polar surface area (TPSA) is 154 Å². The van der Waals surface area contributed by atoms with E-state index in [2.05, 4.69) is 0 Å². The molecular formula is C26H35Li2N2O8P. The predicted octanol–water partition coefficient (Wildman–Crippen LogP) is -4.11. The second kappa shape index (κ2) is 19.4. The molecule has 2 aromatic carbocycles. The van der Waals surface area contributed by atoms with Crippen LogP contribution in [0.3, 0.4) is 0 Å². The van der Waals surface area contributed by atoms with Crippen LogP contribution in [0.15, 0.2) is 48.5 Å². The van der Waals surface area contributed by atoms with Gasteiger partial charge in [0.05, 0.1) is 26.7 Å². The maximum Gasteiger partial charge on any atom is 1.00 e. The number of hydrogen-bond acceptors (Lipinski definition) is 9. The van der Waals surface area contributed by atoms with Crippen molar-refractivity contribution in [3.8, 4) is 11.5 Å². The molecule has 2 N–H and O–H groups in total. The van der Waals surface area contributed by atoms with Gasteiger partial charge in [0, 0.05) is 17.9 Å². The molecule has 10 nitrogen and oxygen atoms in total. The average molecular weight is 548 g/mol. The maximum atomic E-state index is 13.5. The Morgan fingerprint density at radius 2 is 1.64 bits per heavy atom. The van der Waals surface area contributed by atoms with E-state index in [0.717, 1.165) is 16.9 Å². The number of benzene rings is 2. The summed E-state index contributed by atoms with van der Waals surface area (Å²) in [6.07, 6.45) is 1.09. The molecule has 39 heavy (non-hydrogen) atoms. The van der Waals surface area contributed by atoms with E-state index in [4.69, 9.17) is 19.7 Å². The van der Waals surface area contributed by atoms with E-state index in [1.807, 2.05) is 30.3 Å². The number of nitrogens with zero attached hydrogens (tertiary/aromatic N) is 1. The number of nitrogens with two attached hydrogens (primary N) is 1. The quantitative estimate of drug-likeness (QED) is 0.118. The van der Waals surface area contributed by atoms with Gasteiger partial charge in [-0.25, -0.2) is 0 Å². The minimum absolute atomic E-state index is 0. The Balaban J connectivity index is 0.00000722. The number of aryl methyl sites for hydroxylation is 1. The van der Waals surface area contributed by atoms with E-state index in [-0.39, 0.29) is 61.7 Å². The third kappa shape index (κ3) is 13.0. The van der Waals surface area contributed by atoms with Crippen LogP contribution < -0.4 is 67.8 Å². The van der Waals surface area contributed by atoms with Gasteiger partial charge in [-0.3, -0.25) is 4.79 Å². The molecule has 0 heterocycles. The zero-order valence-electron chi connectivity index (χ0n) is 23.3. The van der Waals surface area contributed by atoms with Gasteiger partial charge in [0.1, 0.15) is 13.7 Å². The summed E-state index contributed by atoms with van der Waals surface area (Å²) in [6, 6.07) is 14.1. The molecule has 0 aliphatic heterocycles. The first-order chi connectivity index (χ1) is 17.7. The number of carboxylic acid groups (broad SMARTS) is 1. The van der Waals surface area contributed by atoms with Gasteiger partial charge < -0.3 is 44.0 Å². The van der Waals surface area contributed by atoms with Gasteiger partial charge in [0.15, 0.2) is 11.5 Å². The maximum absolute atomic E-state index is 13.5. The molecule has 204 valence electrons. The molecular weight excluding hydrogens is 513 g/mol. The fraction of sp³-hybridized carbons (Fsp3) is 0.462. The molecule has 0 aliphatic rings. The molecule has 1 unspecified atom stereocenters. The second-order valence-electron chi connectivity index (χ2n) is 8.49. The molecule has 2 aromatic rings. The average Bonchev–Trinajstić information content (AvgIpc) is 2.89. The number of rotatable bonds is 17. The number of hydrogen-bond donors (Lipinski definition) is 1. The van der Waals surface area contributed by atoms with Crippen LogP contribution in [0.25, 0.3) is 0 Å². The fourth-order valence-corrected chi connectivity index (χ4v) is 5.11. The predicted molar refractivity (Wildman–Crippen MR) is 137 cm³/mol. The molecule has 0 aromatic heterocycles. The van der Waals surface area contributed by atoms with Gasteiger partial charge >= 0.3 is 37.7 Å². The summed E-state index contributed by atoms with van der Waals surface area (Å²) >= 11 is 0. The minimum atomic E-state index is -4.40. The zero-order valence-corrected chi connectivity index (χ0v) is 24.2. The first kappa shape index (κ1) is 37.3. The van der Waals surface area contributed by atoms with Crippen LogP contribution in [0.5, 0.6) is 11.5 Å². The number of aliphatic carboxylic acids is 1. The van der Waals surface area contributed by atoms with Crippen LogP contribution in [0.1, 0.15) is 37.7 Å². The van der Waals surface area contributed by atoms with Gasteiger partial charge in [-0.05, 0) is 62.8 Å². The van der Waals surface area contributed by atoms with Gasteiger partial charge in [-0.1, -0.05) is 30.3 Å².